The first kappa shape index (κ1) is 13.0. The molecular weight excluding hydrogens is 216 g/mol. The lowest BCUT2D eigenvalue weighted by atomic mass is 10.1. The van der Waals surface area contributed by atoms with Gasteiger partial charge in [-0.1, -0.05) is 19.1 Å². The maximum absolute atomic E-state index is 5.31. The fourth-order valence-electron chi connectivity index (χ4n) is 1.42. The van der Waals surface area contributed by atoms with E-state index in [2.05, 4.69) is 50.4 Å². The molecule has 1 N–H and O–H groups in total. The Morgan fingerprint density at radius 2 is 1.88 bits per heavy atom. The van der Waals surface area contributed by atoms with E-state index in [9.17, 15) is 0 Å². The Labute approximate surface area is 104 Å². The molecule has 2 nitrogen and oxygen atoms in total. The summed E-state index contributed by atoms with van der Waals surface area (Å²) in [5, 5.41) is 3.99. The molecule has 0 unspecified atom stereocenters. The highest BCUT2D eigenvalue weighted by Gasteiger charge is 2.07. The number of anilines is 1. The lowest BCUT2D eigenvalue weighted by Crippen LogP contribution is -2.40. The van der Waals surface area contributed by atoms with Crippen LogP contribution in [0.4, 0.5) is 5.69 Å². The highest BCUT2D eigenvalue weighted by atomic mass is 32.1. The van der Waals surface area contributed by atoms with Crippen LogP contribution in [0.5, 0.6) is 0 Å². The van der Waals surface area contributed by atoms with Crippen molar-refractivity contribution in [1.29, 1.82) is 0 Å². The summed E-state index contributed by atoms with van der Waals surface area (Å²) >= 11 is 5.31. The minimum absolute atomic E-state index is 0.366. The second-order valence-corrected chi connectivity index (χ2v) is 4.57. The molecule has 1 aromatic rings. The maximum atomic E-state index is 5.31. The third-order valence-corrected chi connectivity index (χ3v) is 2.84. The third-order valence-electron chi connectivity index (χ3n) is 2.45. The molecule has 0 saturated heterocycles. The largest absolute Gasteiger partial charge is 0.360 e. The molecule has 0 heterocycles. The number of aryl methyl sites for hydroxylation is 1. The quantitative estimate of drug-likeness (QED) is 0.812. The zero-order valence-corrected chi connectivity index (χ0v) is 11.3. The fourth-order valence-corrected chi connectivity index (χ4v) is 1.76. The first-order valence-corrected chi connectivity index (χ1v) is 6.08. The molecule has 0 aliphatic rings. The van der Waals surface area contributed by atoms with Crippen molar-refractivity contribution in [2.24, 2.45) is 0 Å². The summed E-state index contributed by atoms with van der Waals surface area (Å²) in [5.41, 5.74) is 2.47. The second-order valence-electron chi connectivity index (χ2n) is 4.18. The Kier molecular flexibility index (Phi) is 4.74. The van der Waals surface area contributed by atoms with Crippen molar-refractivity contribution in [2.75, 3.05) is 11.9 Å². The first-order valence-electron chi connectivity index (χ1n) is 5.67. The molecule has 0 aromatic heterocycles. The summed E-state index contributed by atoms with van der Waals surface area (Å²) in [4.78, 5) is 1.99. The van der Waals surface area contributed by atoms with Crippen molar-refractivity contribution >= 4 is 23.0 Å². The fraction of sp³-hybridized carbons (Fsp3) is 0.462. The number of hydrogen-bond acceptors (Lipinski definition) is 1. The Bertz CT molecular complexity index is 343. The van der Waals surface area contributed by atoms with Crippen LogP contribution in [0.2, 0.25) is 0 Å². The van der Waals surface area contributed by atoms with Crippen LogP contribution in [0.3, 0.4) is 0 Å². The van der Waals surface area contributed by atoms with Gasteiger partial charge >= 0.3 is 0 Å². The van der Waals surface area contributed by atoms with E-state index < -0.39 is 0 Å². The van der Waals surface area contributed by atoms with E-state index in [1.54, 1.807) is 0 Å². The molecule has 0 radical (unpaired) electrons. The number of nitrogens with one attached hydrogen (secondary N) is 1. The Morgan fingerprint density at radius 1 is 1.31 bits per heavy atom. The molecule has 0 aliphatic carbocycles. The topological polar surface area (TPSA) is 15.3 Å². The Balaban J connectivity index is 2.72. The second kappa shape index (κ2) is 5.85. The van der Waals surface area contributed by atoms with Crippen LogP contribution in [0, 0.1) is 0 Å². The summed E-state index contributed by atoms with van der Waals surface area (Å²) in [6, 6.07) is 8.86. The molecule has 0 aliphatic heterocycles. The van der Waals surface area contributed by atoms with Crippen molar-refractivity contribution in [3.8, 4) is 0 Å². The summed E-state index contributed by atoms with van der Waals surface area (Å²) < 4.78 is 0. The van der Waals surface area contributed by atoms with E-state index in [4.69, 9.17) is 12.2 Å². The molecule has 1 aromatic carbocycles. The molecule has 0 atom stereocenters. The van der Waals surface area contributed by atoms with E-state index in [0.717, 1.165) is 17.2 Å². The van der Waals surface area contributed by atoms with Gasteiger partial charge in [0.2, 0.25) is 0 Å². The van der Waals surface area contributed by atoms with E-state index in [-0.39, 0.29) is 0 Å². The van der Waals surface area contributed by atoms with Crippen LogP contribution in [-0.4, -0.2) is 18.2 Å². The first-order chi connectivity index (χ1) is 7.54. The average molecular weight is 236 g/mol. The zero-order valence-electron chi connectivity index (χ0n) is 10.4. The molecule has 0 spiro atoms. The summed E-state index contributed by atoms with van der Waals surface area (Å²) in [6.45, 7) is 6.32. The zero-order chi connectivity index (χ0) is 12.1. The van der Waals surface area contributed by atoms with Gasteiger partial charge < -0.3 is 10.2 Å². The van der Waals surface area contributed by atoms with E-state index in [0.29, 0.717) is 6.04 Å². The van der Waals surface area contributed by atoms with E-state index in [1.165, 1.54) is 5.56 Å². The van der Waals surface area contributed by atoms with Crippen molar-refractivity contribution in [2.45, 2.75) is 33.2 Å². The smallest absolute Gasteiger partial charge is 0.173 e. The van der Waals surface area contributed by atoms with Crippen LogP contribution >= 0.6 is 12.2 Å². The lowest BCUT2D eigenvalue weighted by molar-refractivity contribution is 0.732. The number of hydrogen-bond donors (Lipinski definition) is 1. The Morgan fingerprint density at radius 3 is 2.31 bits per heavy atom. The highest BCUT2D eigenvalue weighted by molar-refractivity contribution is 7.80. The van der Waals surface area contributed by atoms with Gasteiger partial charge in [0, 0.05) is 18.8 Å². The van der Waals surface area contributed by atoms with Crippen LogP contribution < -0.4 is 10.2 Å². The molecule has 0 fully saturated rings. The summed E-state index contributed by atoms with van der Waals surface area (Å²) in [7, 11) is 1.98. The van der Waals surface area contributed by atoms with Gasteiger partial charge in [0.05, 0.1) is 0 Å². The van der Waals surface area contributed by atoms with Gasteiger partial charge in [0.25, 0.3) is 0 Å². The molecular formula is C13H20N2S. The number of benzene rings is 1. The Hall–Kier alpha value is -1.09. The standard InChI is InChI=1S/C13H20N2S/c1-5-11-6-8-12(9-7-11)15(4)13(16)14-10(2)3/h6-10H,5H2,1-4H3,(H,14,16). The minimum atomic E-state index is 0.366. The van der Waals surface area contributed by atoms with Crippen LogP contribution in [0.15, 0.2) is 24.3 Å². The average Bonchev–Trinajstić information content (AvgIpc) is 2.27. The number of thiocarbonyl (C=S) groups is 1. The SMILES string of the molecule is CCc1ccc(N(C)C(=S)NC(C)C)cc1. The van der Waals surface area contributed by atoms with Crippen molar-refractivity contribution in [3.05, 3.63) is 29.8 Å². The monoisotopic (exact) mass is 236 g/mol. The van der Waals surface area contributed by atoms with Gasteiger partial charge in [-0.05, 0) is 50.2 Å². The predicted molar refractivity (Wildman–Crippen MR) is 75.1 cm³/mol. The molecule has 0 bridgehead atoms. The molecule has 3 heteroatoms. The predicted octanol–water partition coefficient (Wildman–Crippen LogP) is 2.97. The normalized spacial score (nSPS) is 10.3. The third kappa shape index (κ3) is 3.49. The molecule has 0 saturated carbocycles. The molecule has 16 heavy (non-hydrogen) atoms. The van der Waals surface area contributed by atoms with Crippen molar-refractivity contribution in [1.82, 2.24) is 5.32 Å². The van der Waals surface area contributed by atoms with Gasteiger partial charge in [0.1, 0.15) is 0 Å². The van der Waals surface area contributed by atoms with Crippen LogP contribution in [0.1, 0.15) is 26.3 Å². The molecule has 88 valence electrons. The van der Waals surface area contributed by atoms with Gasteiger partial charge in [-0.2, -0.15) is 0 Å². The molecule has 1 rings (SSSR count). The van der Waals surface area contributed by atoms with Gasteiger partial charge in [0.15, 0.2) is 5.11 Å². The number of nitrogens with zero attached hydrogens (tertiary/aromatic N) is 1. The maximum Gasteiger partial charge on any atom is 0.173 e. The summed E-state index contributed by atoms with van der Waals surface area (Å²) in [6.07, 6.45) is 1.07. The highest BCUT2D eigenvalue weighted by Crippen LogP contribution is 2.14. The minimum Gasteiger partial charge on any atom is -0.360 e. The van der Waals surface area contributed by atoms with Crippen LogP contribution in [-0.2, 0) is 6.42 Å². The lowest BCUT2D eigenvalue weighted by Gasteiger charge is -2.23. The van der Waals surface area contributed by atoms with E-state index >= 15 is 0 Å². The van der Waals surface area contributed by atoms with E-state index in [1.807, 2.05) is 11.9 Å². The number of rotatable bonds is 3. The van der Waals surface area contributed by atoms with Gasteiger partial charge in [-0.25, -0.2) is 0 Å². The van der Waals surface area contributed by atoms with Crippen molar-refractivity contribution in [3.63, 3.8) is 0 Å². The van der Waals surface area contributed by atoms with Crippen LogP contribution in [0.25, 0.3) is 0 Å². The molecule has 0 amide bonds. The summed E-state index contributed by atoms with van der Waals surface area (Å²) in [5.74, 6) is 0. The van der Waals surface area contributed by atoms with Crippen molar-refractivity contribution < 1.29 is 0 Å². The van der Waals surface area contributed by atoms with Gasteiger partial charge in [-0.3, -0.25) is 0 Å². The van der Waals surface area contributed by atoms with Gasteiger partial charge in [-0.15, -0.1) is 0 Å².